The molecule has 0 aliphatic heterocycles. The van der Waals surface area contributed by atoms with Crippen LogP contribution in [0.4, 0.5) is 5.69 Å². The molecule has 1 aromatic heterocycles. The molecule has 0 saturated carbocycles. The van der Waals surface area contributed by atoms with Crippen LogP contribution >= 0.6 is 15.9 Å². The summed E-state index contributed by atoms with van der Waals surface area (Å²) in [5, 5.41) is 10.8. The Morgan fingerprint density at radius 3 is 2.71 bits per heavy atom. The van der Waals surface area contributed by atoms with Crippen molar-refractivity contribution in [3.63, 3.8) is 0 Å². The van der Waals surface area contributed by atoms with Crippen LogP contribution in [0.15, 0.2) is 47.1 Å². The first kappa shape index (κ1) is 11.5. The largest absolute Gasteiger partial charge is 0.431 e. The van der Waals surface area contributed by atoms with Crippen LogP contribution < -0.4 is 4.74 Å². The Kier molecular flexibility index (Phi) is 3.34. The summed E-state index contributed by atoms with van der Waals surface area (Å²) in [6, 6.07) is 9.64. The number of nitrogens with zero attached hydrogens (tertiary/aromatic N) is 2. The summed E-state index contributed by atoms with van der Waals surface area (Å²) in [6.45, 7) is 0. The van der Waals surface area contributed by atoms with Crippen molar-refractivity contribution in [2.75, 3.05) is 0 Å². The van der Waals surface area contributed by atoms with Crippen molar-refractivity contribution in [1.82, 2.24) is 4.98 Å². The summed E-state index contributed by atoms with van der Waals surface area (Å²) in [6.07, 6.45) is 1.55. The molecule has 0 spiro atoms. The maximum atomic E-state index is 10.8. The van der Waals surface area contributed by atoms with Crippen LogP contribution in [-0.4, -0.2) is 9.91 Å². The molecule has 0 fully saturated rings. The number of benzene rings is 1. The molecule has 0 radical (unpaired) electrons. The maximum absolute atomic E-state index is 10.8. The van der Waals surface area contributed by atoms with E-state index in [1.54, 1.807) is 30.5 Å². The van der Waals surface area contributed by atoms with Crippen LogP contribution in [-0.2, 0) is 0 Å². The number of hydrogen-bond acceptors (Lipinski definition) is 4. The average molecular weight is 295 g/mol. The van der Waals surface area contributed by atoms with Crippen molar-refractivity contribution in [2.24, 2.45) is 0 Å². The van der Waals surface area contributed by atoms with Gasteiger partial charge in [-0.3, -0.25) is 10.1 Å². The maximum Gasteiger partial charge on any atom is 0.311 e. The fourth-order valence-corrected chi connectivity index (χ4v) is 1.58. The lowest BCUT2D eigenvalue weighted by atomic mass is 10.3. The summed E-state index contributed by atoms with van der Waals surface area (Å²) in [5.74, 6) is 0.457. The van der Waals surface area contributed by atoms with E-state index in [4.69, 9.17) is 4.74 Å². The van der Waals surface area contributed by atoms with Crippen molar-refractivity contribution in [1.29, 1.82) is 0 Å². The summed E-state index contributed by atoms with van der Waals surface area (Å²) in [7, 11) is 0. The monoisotopic (exact) mass is 294 g/mol. The number of aromatic nitrogens is 1. The molecular weight excluding hydrogens is 288 g/mol. The molecule has 6 heteroatoms. The van der Waals surface area contributed by atoms with E-state index >= 15 is 0 Å². The topological polar surface area (TPSA) is 65.3 Å². The van der Waals surface area contributed by atoms with Gasteiger partial charge in [-0.1, -0.05) is 12.1 Å². The molecule has 2 rings (SSSR count). The number of nitro groups is 1. The second-order valence-corrected chi connectivity index (χ2v) is 3.97. The van der Waals surface area contributed by atoms with Gasteiger partial charge in [-0.2, -0.15) is 0 Å². The molecule has 1 aromatic carbocycles. The number of ether oxygens (including phenoxy) is 1. The summed E-state index contributed by atoms with van der Waals surface area (Å²) in [5.41, 5.74) is -0.0925. The van der Waals surface area contributed by atoms with Gasteiger partial charge in [-0.15, -0.1) is 0 Å². The highest BCUT2D eigenvalue weighted by atomic mass is 79.9. The van der Waals surface area contributed by atoms with Gasteiger partial charge in [0.1, 0.15) is 0 Å². The first-order valence-corrected chi connectivity index (χ1v) is 5.49. The molecule has 5 nitrogen and oxygen atoms in total. The van der Waals surface area contributed by atoms with E-state index in [0.717, 1.165) is 0 Å². The molecule has 0 bridgehead atoms. The van der Waals surface area contributed by atoms with Crippen LogP contribution in [0.25, 0.3) is 0 Å². The van der Waals surface area contributed by atoms with Crippen molar-refractivity contribution in [3.8, 4) is 11.6 Å². The van der Waals surface area contributed by atoms with Crippen molar-refractivity contribution in [2.45, 2.75) is 0 Å². The minimum Gasteiger partial charge on any atom is -0.431 e. The Hall–Kier alpha value is -1.95. The van der Waals surface area contributed by atoms with E-state index < -0.39 is 4.92 Å². The van der Waals surface area contributed by atoms with Gasteiger partial charge in [0, 0.05) is 12.3 Å². The van der Waals surface area contributed by atoms with Crippen molar-refractivity contribution < 1.29 is 9.66 Å². The molecular formula is C11H7BrN2O3. The predicted molar refractivity (Wildman–Crippen MR) is 65.1 cm³/mol. The Balaban J connectivity index is 2.37. The van der Waals surface area contributed by atoms with Crippen LogP contribution in [0.2, 0.25) is 0 Å². The number of nitro benzene ring substituents is 1. The minimum atomic E-state index is -0.494. The molecule has 17 heavy (non-hydrogen) atoms. The van der Waals surface area contributed by atoms with E-state index in [0.29, 0.717) is 10.4 Å². The van der Waals surface area contributed by atoms with Gasteiger partial charge in [0.25, 0.3) is 0 Å². The van der Waals surface area contributed by atoms with Gasteiger partial charge in [0.2, 0.25) is 11.6 Å². The SMILES string of the molecule is O=[N+]([O-])c1ccccc1Oc1ncccc1Br. The van der Waals surface area contributed by atoms with E-state index in [2.05, 4.69) is 20.9 Å². The molecule has 1 heterocycles. The van der Waals surface area contributed by atoms with Crippen LogP contribution in [0.1, 0.15) is 0 Å². The molecule has 0 atom stereocenters. The number of pyridine rings is 1. The van der Waals surface area contributed by atoms with Gasteiger partial charge in [0.15, 0.2) is 0 Å². The Morgan fingerprint density at radius 2 is 2.00 bits per heavy atom. The smallest absolute Gasteiger partial charge is 0.311 e. The van der Waals surface area contributed by atoms with Gasteiger partial charge in [-0.05, 0) is 34.1 Å². The standard InChI is InChI=1S/C11H7BrN2O3/c12-8-4-3-7-13-11(8)17-10-6-2-1-5-9(10)14(15)16/h1-7H. The molecule has 0 aliphatic carbocycles. The summed E-state index contributed by atoms with van der Waals surface area (Å²) < 4.78 is 6.04. The first-order chi connectivity index (χ1) is 8.18. The molecule has 0 saturated heterocycles. The van der Waals surface area contributed by atoms with Gasteiger partial charge in [-0.25, -0.2) is 4.98 Å². The zero-order valence-corrected chi connectivity index (χ0v) is 10.1. The molecule has 0 amide bonds. The lowest BCUT2D eigenvalue weighted by Crippen LogP contribution is -1.94. The fourth-order valence-electron chi connectivity index (χ4n) is 1.24. The van der Waals surface area contributed by atoms with E-state index in [1.165, 1.54) is 12.1 Å². The average Bonchev–Trinajstić information content (AvgIpc) is 2.32. The Bertz CT molecular complexity index is 560. The lowest BCUT2D eigenvalue weighted by molar-refractivity contribution is -0.385. The molecule has 86 valence electrons. The molecule has 0 aliphatic rings. The van der Waals surface area contributed by atoms with Crippen LogP contribution in [0, 0.1) is 10.1 Å². The zero-order valence-electron chi connectivity index (χ0n) is 8.54. The van der Waals surface area contributed by atoms with Gasteiger partial charge in [0.05, 0.1) is 9.40 Å². The third-order valence-corrected chi connectivity index (χ3v) is 2.60. The Morgan fingerprint density at radius 1 is 1.24 bits per heavy atom. The quantitative estimate of drug-likeness (QED) is 0.641. The molecule has 0 unspecified atom stereocenters. The zero-order chi connectivity index (χ0) is 12.3. The highest BCUT2D eigenvalue weighted by molar-refractivity contribution is 9.10. The second kappa shape index (κ2) is 4.92. The molecule has 2 aromatic rings. The molecule has 0 N–H and O–H groups in total. The summed E-state index contributed by atoms with van der Waals surface area (Å²) in [4.78, 5) is 14.3. The van der Waals surface area contributed by atoms with Gasteiger partial charge < -0.3 is 4.74 Å². The highest BCUT2D eigenvalue weighted by Gasteiger charge is 2.15. The number of halogens is 1. The van der Waals surface area contributed by atoms with Crippen molar-refractivity contribution >= 4 is 21.6 Å². The van der Waals surface area contributed by atoms with Crippen LogP contribution in [0.3, 0.4) is 0 Å². The normalized spacial score (nSPS) is 9.94. The van der Waals surface area contributed by atoms with Gasteiger partial charge >= 0.3 is 5.69 Å². The first-order valence-electron chi connectivity index (χ1n) is 4.70. The number of hydrogen-bond donors (Lipinski definition) is 0. The predicted octanol–water partition coefficient (Wildman–Crippen LogP) is 3.54. The third kappa shape index (κ3) is 2.59. The van der Waals surface area contributed by atoms with E-state index in [9.17, 15) is 10.1 Å². The third-order valence-electron chi connectivity index (χ3n) is 1.99. The minimum absolute atomic E-state index is 0.0925. The number of rotatable bonds is 3. The van der Waals surface area contributed by atoms with E-state index in [-0.39, 0.29) is 11.4 Å². The highest BCUT2D eigenvalue weighted by Crippen LogP contribution is 2.32. The fraction of sp³-hybridized carbons (Fsp3) is 0. The second-order valence-electron chi connectivity index (χ2n) is 3.12. The summed E-state index contributed by atoms with van der Waals surface area (Å²) >= 11 is 3.26. The van der Waals surface area contributed by atoms with E-state index in [1.807, 2.05) is 0 Å². The van der Waals surface area contributed by atoms with Crippen LogP contribution in [0.5, 0.6) is 11.6 Å². The Labute approximate surface area is 105 Å². The number of para-hydroxylation sites is 2. The lowest BCUT2D eigenvalue weighted by Gasteiger charge is -2.06. The van der Waals surface area contributed by atoms with Crippen molar-refractivity contribution in [3.05, 3.63) is 57.2 Å².